The first-order valence-corrected chi connectivity index (χ1v) is 6.27. The highest BCUT2D eigenvalue weighted by molar-refractivity contribution is 5.68. The molecular formula is C14H20O4. The standard InChI is InChI=1S/C14H20O4/c1-3-5-10-7-12(15)8-11(6-4-2)14(10)18-9-13(16)17/h7-8,15H,3-6,9H2,1-2H3,(H,16,17). The Labute approximate surface area is 107 Å². The molecule has 0 aliphatic carbocycles. The number of benzene rings is 1. The summed E-state index contributed by atoms with van der Waals surface area (Å²) in [5.74, 6) is -0.156. The molecule has 0 aliphatic heterocycles. The summed E-state index contributed by atoms with van der Waals surface area (Å²) in [5, 5.41) is 18.4. The fraction of sp³-hybridized carbons (Fsp3) is 0.500. The normalized spacial score (nSPS) is 10.3. The number of hydrogen-bond donors (Lipinski definition) is 2. The monoisotopic (exact) mass is 252 g/mol. The zero-order valence-electron chi connectivity index (χ0n) is 10.9. The summed E-state index contributed by atoms with van der Waals surface area (Å²) in [6.45, 7) is 3.72. The van der Waals surface area contributed by atoms with Gasteiger partial charge in [-0.1, -0.05) is 26.7 Å². The van der Waals surface area contributed by atoms with Crippen LogP contribution in [0.3, 0.4) is 0 Å². The highest BCUT2D eigenvalue weighted by Crippen LogP contribution is 2.31. The van der Waals surface area contributed by atoms with Gasteiger partial charge in [-0.15, -0.1) is 0 Å². The maximum Gasteiger partial charge on any atom is 0.341 e. The van der Waals surface area contributed by atoms with Crippen molar-refractivity contribution in [2.24, 2.45) is 0 Å². The molecule has 4 nitrogen and oxygen atoms in total. The molecule has 0 radical (unpaired) electrons. The van der Waals surface area contributed by atoms with E-state index >= 15 is 0 Å². The van der Waals surface area contributed by atoms with Crippen molar-refractivity contribution in [2.45, 2.75) is 39.5 Å². The van der Waals surface area contributed by atoms with Gasteiger partial charge >= 0.3 is 5.97 Å². The number of carboxylic acids is 1. The smallest absolute Gasteiger partial charge is 0.341 e. The van der Waals surface area contributed by atoms with Gasteiger partial charge in [0.2, 0.25) is 0 Å². The van der Waals surface area contributed by atoms with Gasteiger partial charge in [0, 0.05) is 0 Å². The van der Waals surface area contributed by atoms with Crippen LogP contribution < -0.4 is 4.74 Å². The molecule has 1 aromatic carbocycles. The van der Waals surface area contributed by atoms with E-state index in [1.807, 2.05) is 13.8 Å². The lowest BCUT2D eigenvalue weighted by Gasteiger charge is -2.15. The van der Waals surface area contributed by atoms with E-state index in [0.717, 1.165) is 36.8 Å². The summed E-state index contributed by atoms with van der Waals surface area (Å²) in [4.78, 5) is 10.6. The molecule has 0 atom stereocenters. The quantitative estimate of drug-likeness (QED) is 0.783. The predicted molar refractivity (Wildman–Crippen MR) is 69.2 cm³/mol. The Balaban J connectivity index is 3.08. The van der Waals surface area contributed by atoms with Crippen molar-refractivity contribution >= 4 is 5.97 Å². The SMILES string of the molecule is CCCc1cc(O)cc(CCC)c1OCC(=O)O. The lowest BCUT2D eigenvalue weighted by Crippen LogP contribution is -2.12. The zero-order valence-corrected chi connectivity index (χ0v) is 10.9. The van der Waals surface area contributed by atoms with Gasteiger partial charge in [-0.2, -0.15) is 0 Å². The number of aryl methyl sites for hydroxylation is 2. The number of hydrogen-bond acceptors (Lipinski definition) is 3. The lowest BCUT2D eigenvalue weighted by molar-refractivity contribution is -0.139. The molecule has 4 heteroatoms. The number of ether oxygens (including phenoxy) is 1. The summed E-state index contributed by atoms with van der Waals surface area (Å²) >= 11 is 0. The molecule has 0 amide bonds. The minimum absolute atomic E-state index is 0.213. The fourth-order valence-corrected chi connectivity index (χ4v) is 1.97. The van der Waals surface area contributed by atoms with Crippen molar-refractivity contribution in [3.8, 4) is 11.5 Å². The Bertz CT molecular complexity index is 385. The van der Waals surface area contributed by atoms with Gasteiger partial charge in [0.1, 0.15) is 11.5 Å². The van der Waals surface area contributed by atoms with Crippen molar-refractivity contribution in [3.05, 3.63) is 23.3 Å². The number of phenolic OH excluding ortho intramolecular Hbond substituents is 1. The van der Waals surface area contributed by atoms with Crippen LogP contribution >= 0.6 is 0 Å². The molecule has 1 aromatic rings. The number of aliphatic carboxylic acids is 1. The minimum atomic E-state index is -0.993. The zero-order chi connectivity index (χ0) is 13.5. The van der Waals surface area contributed by atoms with Gasteiger partial charge in [-0.25, -0.2) is 4.79 Å². The van der Waals surface area contributed by atoms with Crippen molar-refractivity contribution in [2.75, 3.05) is 6.61 Å². The van der Waals surface area contributed by atoms with E-state index in [9.17, 15) is 9.90 Å². The third-order valence-corrected chi connectivity index (χ3v) is 2.61. The molecule has 0 unspecified atom stereocenters. The molecule has 0 saturated heterocycles. The van der Waals surface area contributed by atoms with E-state index in [2.05, 4.69) is 0 Å². The second kappa shape index (κ2) is 6.89. The first kappa shape index (κ1) is 14.4. The van der Waals surface area contributed by atoms with Crippen LogP contribution in [0.4, 0.5) is 0 Å². The highest BCUT2D eigenvalue weighted by Gasteiger charge is 2.12. The molecule has 0 aliphatic rings. The molecule has 100 valence electrons. The van der Waals surface area contributed by atoms with E-state index in [0.29, 0.717) is 5.75 Å². The maximum atomic E-state index is 10.6. The van der Waals surface area contributed by atoms with Crippen molar-refractivity contribution in [1.29, 1.82) is 0 Å². The number of aromatic hydroxyl groups is 1. The van der Waals surface area contributed by atoms with Crippen LogP contribution in [0.1, 0.15) is 37.8 Å². The van der Waals surface area contributed by atoms with Gasteiger partial charge in [0.05, 0.1) is 0 Å². The number of carboxylic acid groups (broad SMARTS) is 1. The van der Waals surface area contributed by atoms with Gasteiger partial charge in [-0.3, -0.25) is 0 Å². The van der Waals surface area contributed by atoms with E-state index in [1.165, 1.54) is 0 Å². The number of carbonyl (C=O) groups is 1. The summed E-state index contributed by atoms with van der Waals surface area (Å²) in [6.07, 6.45) is 3.36. The number of rotatable bonds is 7. The van der Waals surface area contributed by atoms with E-state index in [-0.39, 0.29) is 12.4 Å². The average Bonchev–Trinajstić information content (AvgIpc) is 2.28. The van der Waals surface area contributed by atoms with E-state index in [1.54, 1.807) is 12.1 Å². The second-order valence-corrected chi connectivity index (χ2v) is 4.28. The van der Waals surface area contributed by atoms with Crippen LogP contribution in [0, 0.1) is 0 Å². The number of phenols is 1. The maximum absolute atomic E-state index is 10.6. The highest BCUT2D eigenvalue weighted by atomic mass is 16.5. The third-order valence-electron chi connectivity index (χ3n) is 2.61. The van der Waals surface area contributed by atoms with Crippen molar-refractivity contribution in [3.63, 3.8) is 0 Å². The molecule has 0 aromatic heterocycles. The van der Waals surface area contributed by atoms with Crippen molar-refractivity contribution < 1.29 is 19.7 Å². The van der Waals surface area contributed by atoms with Crippen LogP contribution in [0.2, 0.25) is 0 Å². The molecule has 0 spiro atoms. The molecule has 0 heterocycles. The van der Waals surface area contributed by atoms with Crippen LogP contribution in [0.15, 0.2) is 12.1 Å². The summed E-state index contributed by atoms with van der Waals surface area (Å²) in [7, 11) is 0. The first-order chi connectivity index (χ1) is 8.58. The summed E-state index contributed by atoms with van der Waals surface area (Å²) in [6, 6.07) is 3.31. The first-order valence-electron chi connectivity index (χ1n) is 6.27. The van der Waals surface area contributed by atoms with E-state index in [4.69, 9.17) is 9.84 Å². The third kappa shape index (κ3) is 3.95. The van der Waals surface area contributed by atoms with E-state index < -0.39 is 5.97 Å². The van der Waals surface area contributed by atoms with Crippen LogP contribution in [-0.2, 0) is 17.6 Å². The topological polar surface area (TPSA) is 66.8 Å². The molecule has 1 rings (SSSR count). The van der Waals surface area contributed by atoms with Gasteiger partial charge in [0.15, 0.2) is 6.61 Å². The Morgan fingerprint density at radius 1 is 1.17 bits per heavy atom. The molecule has 0 saturated carbocycles. The molecule has 0 fully saturated rings. The Morgan fingerprint density at radius 2 is 1.67 bits per heavy atom. The lowest BCUT2D eigenvalue weighted by atomic mass is 10.0. The van der Waals surface area contributed by atoms with Gasteiger partial charge in [-0.05, 0) is 36.1 Å². The Morgan fingerprint density at radius 3 is 2.06 bits per heavy atom. The van der Waals surface area contributed by atoms with Crippen LogP contribution in [0.25, 0.3) is 0 Å². The Kier molecular flexibility index (Phi) is 5.49. The van der Waals surface area contributed by atoms with Gasteiger partial charge < -0.3 is 14.9 Å². The predicted octanol–water partition coefficient (Wildman–Crippen LogP) is 2.76. The second-order valence-electron chi connectivity index (χ2n) is 4.28. The molecule has 0 bridgehead atoms. The summed E-state index contributed by atoms with van der Waals surface area (Å²) < 4.78 is 5.38. The molecular weight excluding hydrogens is 232 g/mol. The average molecular weight is 252 g/mol. The van der Waals surface area contributed by atoms with Gasteiger partial charge in [0.25, 0.3) is 0 Å². The minimum Gasteiger partial charge on any atom is -0.508 e. The Hall–Kier alpha value is -1.71. The van der Waals surface area contributed by atoms with Crippen molar-refractivity contribution in [1.82, 2.24) is 0 Å². The molecule has 2 N–H and O–H groups in total. The molecule has 18 heavy (non-hydrogen) atoms. The largest absolute Gasteiger partial charge is 0.508 e. The van der Waals surface area contributed by atoms with Crippen LogP contribution in [-0.4, -0.2) is 22.8 Å². The van der Waals surface area contributed by atoms with Crippen LogP contribution in [0.5, 0.6) is 11.5 Å². The fourth-order valence-electron chi connectivity index (χ4n) is 1.97. The summed E-state index contributed by atoms with van der Waals surface area (Å²) in [5.41, 5.74) is 1.75.